The molecule has 0 bridgehead atoms. The molecule has 2 aromatic carbocycles. The molecule has 0 amide bonds. The number of carboxylic acid groups (broad SMARTS) is 1. The summed E-state index contributed by atoms with van der Waals surface area (Å²) in [5.41, 5.74) is 2.07. The van der Waals surface area contributed by atoms with Gasteiger partial charge in [-0.15, -0.1) is 0 Å². The highest BCUT2D eigenvalue weighted by Crippen LogP contribution is 2.28. The Kier molecular flexibility index (Phi) is 3.79. The standard InChI is InChI=1S/C15H13NO4/c1-2-10-3-5-11(6-4-10)14-9-12(16(19)20)7-8-13(14)15(17)18/h3-9H,2H2,1H3,(H,17,18). The van der Waals surface area contributed by atoms with E-state index < -0.39 is 10.9 Å². The molecule has 0 fully saturated rings. The van der Waals surface area contributed by atoms with Crippen LogP contribution < -0.4 is 0 Å². The van der Waals surface area contributed by atoms with Gasteiger partial charge in [0.2, 0.25) is 0 Å². The number of nitrogens with zero attached hydrogens (tertiary/aromatic N) is 1. The first-order valence-electron chi connectivity index (χ1n) is 6.14. The molecule has 0 aliphatic rings. The molecule has 102 valence electrons. The fraction of sp³-hybridized carbons (Fsp3) is 0.133. The molecule has 0 spiro atoms. The molecule has 0 aromatic heterocycles. The molecule has 20 heavy (non-hydrogen) atoms. The van der Waals surface area contributed by atoms with Crippen LogP contribution in [0.4, 0.5) is 5.69 Å². The molecule has 2 aromatic rings. The average Bonchev–Trinajstić information content (AvgIpc) is 2.46. The lowest BCUT2D eigenvalue weighted by molar-refractivity contribution is -0.384. The molecule has 0 radical (unpaired) electrons. The quantitative estimate of drug-likeness (QED) is 0.681. The van der Waals surface area contributed by atoms with E-state index in [0.29, 0.717) is 11.1 Å². The Morgan fingerprint density at radius 1 is 1.20 bits per heavy atom. The van der Waals surface area contributed by atoms with Crippen molar-refractivity contribution in [3.05, 3.63) is 63.7 Å². The number of nitro groups is 1. The maximum absolute atomic E-state index is 11.2. The minimum atomic E-state index is -1.10. The monoisotopic (exact) mass is 271 g/mol. The van der Waals surface area contributed by atoms with Crippen LogP contribution in [-0.2, 0) is 6.42 Å². The van der Waals surface area contributed by atoms with Crippen molar-refractivity contribution in [2.45, 2.75) is 13.3 Å². The van der Waals surface area contributed by atoms with Crippen LogP contribution in [0.15, 0.2) is 42.5 Å². The zero-order chi connectivity index (χ0) is 14.7. The molecule has 0 aliphatic heterocycles. The lowest BCUT2D eigenvalue weighted by atomic mass is 9.97. The molecule has 0 saturated carbocycles. The molecule has 0 aliphatic carbocycles. The largest absolute Gasteiger partial charge is 0.478 e. The molecular weight excluding hydrogens is 258 g/mol. The van der Waals surface area contributed by atoms with E-state index in [0.717, 1.165) is 12.0 Å². The third-order valence-electron chi connectivity index (χ3n) is 3.12. The van der Waals surface area contributed by atoms with Crippen molar-refractivity contribution >= 4 is 11.7 Å². The molecule has 0 unspecified atom stereocenters. The van der Waals surface area contributed by atoms with Gasteiger partial charge in [0.15, 0.2) is 0 Å². The highest BCUT2D eigenvalue weighted by molar-refractivity contribution is 5.96. The van der Waals surface area contributed by atoms with E-state index in [4.69, 9.17) is 0 Å². The second-order valence-corrected chi connectivity index (χ2v) is 4.34. The molecule has 5 heteroatoms. The van der Waals surface area contributed by atoms with Gasteiger partial charge >= 0.3 is 5.97 Å². The van der Waals surface area contributed by atoms with Gasteiger partial charge in [0.05, 0.1) is 10.5 Å². The van der Waals surface area contributed by atoms with Crippen molar-refractivity contribution in [2.75, 3.05) is 0 Å². The summed E-state index contributed by atoms with van der Waals surface area (Å²) in [6, 6.07) is 11.1. The van der Waals surface area contributed by atoms with Crippen LogP contribution in [0, 0.1) is 10.1 Å². The zero-order valence-corrected chi connectivity index (χ0v) is 10.9. The molecule has 1 N–H and O–H groups in total. The maximum atomic E-state index is 11.2. The average molecular weight is 271 g/mol. The Hall–Kier alpha value is -2.69. The van der Waals surface area contributed by atoms with Gasteiger partial charge in [-0.05, 0) is 23.6 Å². The predicted molar refractivity (Wildman–Crippen MR) is 74.9 cm³/mol. The third kappa shape index (κ3) is 2.66. The van der Waals surface area contributed by atoms with E-state index in [-0.39, 0.29) is 11.3 Å². The first kappa shape index (κ1) is 13.7. The summed E-state index contributed by atoms with van der Waals surface area (Å²) < 4.78 is 0. The summed E-state index contributed by atoms with van der Waals surface area (Å²) in [5, 5.41) is 20.0. The first-order valence-corrected chi connectivity index (χ1v) is 6.14. The molecular formula is C15H13NO4. The summed E-state index contributed by atoms with van der Waals surface area (Å²) in [4.78, 5) is 21.5. The fourth-order valence-corrected chi connectivity index (χ4v) is 1.99. The van der Waals surface area contributed by atoms with Gasteiger partial charge in [0, 0.05) is 17.7 Å². The van der Waals surface area contributed by atoms with Crippen LogP contribution in [0.5, 0.6) is 0 Å². The maximum Gasteiger partial charge on any atom is 0.336 e. The van der Waals surface area contributed by atoms with Gasteiger partial charge in [-0.1, -0.05) is 31.2 Å². The third-order valence-corrected chi connectivity index (χ3v) is 3.12. The Morgan fingerprint density at radius 3 is 2.35 bits per heavy atom. The number of rotatable bonds is 4. The summed E-state index contributed by atoms with van der Waals surface area (Å²) in [7, 11) is 0. The van der Waals surface area contributed by atoms with Crippen molar-refractivity contribution in [2.24, 2.45) is 0 Å². The van der Waals surface area contributed by atoms with E-state index >= 15 is 0 Å². The van der Waals surface area contributed by atoms with Crippen molar-refractivity contribution < 1.29 is 14.8 Å². The highest BCUT2D eigenvalue weighted by Gasteiger charge is 2.16. The van der Waals surface area contributed by atoms with E-state index in [1.165, 1.54) is 18.2 Å². The predicted octanol–water partition coefficient (Wildman–Crippen LogP) is 3.52. The summed E-state index contributed by atoms with van der Waals surface area (Å²) >= 11 is 0. The summed E-state index contributed by atoms with van der Waals surface area (Å²) in [6.45, 7) is 2.02. The number of aryl methyl sites for hydroxylation is 1. The van der Waals surface area contributed by atoms with E-state index in [1.807, 2.05) is 19.1 Å². The number of carbonyl (C=O) groups is 1. The second kappa shape index (κ2) is 5.52. The van der Waals surface area contributed by atoms with Crippen LogP contribution in [0.3, 0.4) is 0 Å². The summed E-state index contributed by atoms with van der Waals surface area (Å²) in [6.07, 6.45) is 0.876. The van der Waals surface area contributed by atoms with Gasteiger partial charge in [-0.25, -0.2) is 4.79 Å². The van der Waals surface area contributed by atoms with Crippen LogP contribution >= 0.6 is 0 Å². The minimum Gasteiger partial charge on any atom is -0.478 e. The second-order valence-electron chi connectivity index (χ2n) is 4.34. The Labute approximate surface area is 115 Å². The lowest BCUT2D eigenvalue weighted by Gasteiger charge is -2.07. The smallest absolute Gasteiger partial charge is 0.336 e. The first-order chi connectivity index (χ1) is 9.52. The number of aromatic carboxylic acids is 1. The molecule has 5 nitrogen and oxygen atoms in total. The van der Waals surface area contributed by atoms with Gasteiger partial charge in [-0.2, -0.15) is 0 Å². The Morgan fingerprint density at radius 2 is 1.85 bits per heavy atom. The topological polar surface area (TPSA) is 80.4 Å². The summed E-state index contributed by atoms with van der Waals surface area (Å²) in [5.74, 6) is -1.10. The molecule has 0 heterocycles. The fourth-order valence-electron chi connectivity index (χ4n) is 1.99. The van der Waals surface area contributed by atoms with Crippen molar-refractivity contribution in [3.8, 4) is 11.1 Å². The Bertz CT molecular complexity index is 662. The van der Waals surface area contributed by atoms with Crippen LogP contribution in [0.2, 0.25) is 0 Å². The van der Waals surface area contributed by atoms with Crippen LogP contribution in [0.25, 0.3) is 11.1 Å². The van der Waals surface area contributed by atoms with Gasteiger partial charge in [-0.3, -0.25) is 10.1 Å². The number of carboxylic acids is 1. The van der Waals surface area contributed by atoms with E-state index in [9.17, 15) is 20.0 Å². The molecule has 0 atom stereocenters. The Balaban J connectivity index is 2.58. The highest BCUT2D eigenvalue weighted by atomic mass is 16.6. The lowest BCUT2D eigenvalue weighted by Crippen LogP contribution is -2.01. The number of nitro benzene ring substituents is 1. The van der Waals surface area contributed by atoms with Gasteiger partial charge in [0.25, 0.3) is 5.69 Å². The SMILES string of the molecule is CCc1ccc(-c2cc([N+](=O)[O-])ccc2C(=O)O)cc1. The zero-order valence-electron chi connectivity index (χ0n) is 10.9. The van der Waals surface area contributed by atoms with Crippen molar-refractivity contribution in [3.63, 3.8) is 0 Å². The van der Waals surface area contributed by atoms with Gasteiger partial charge < -0.3 is 5.11 Å². The molecule has 2 rings (SSSR count). The number of hydrogen-bond acceptors (Lipinski definition) is 3. The van der Waals surface area contributed by atoms with Crippen LogP contribution in [-0.4, -0.2) is 16.0 Å². The van der Waals surface area contributed by atoms with Crippen LogP contribution in [0.1, 0.15) is 22.8 Å². The van der Waals surface area contributed by atoms with Gasteiger partial charge in [0.1, 0.15) is 0 Å². The normalized spacial score (nSPS) is 10.2. The minimum absolute atomic E-state index is 0.0554. The van der Waals surface area contributed by atoms with E-state index in [1.54, 1.807) is 12.1 Å². The molecule has 0 saturated heterocycles. The van der Waals surface area contributed by atoms with Crippen molar-refractivity contribution in [1.82, 2.24) is 0 Å². The van der Waals surface area contributed by atoms with E-state index in [2.05, 4.69) is 0 Å². The number of hydrogen-bond donors (Lipinski definition) is 1. The van der Waals surface area contributed by atoms with Crippen molar-refractivity contribution in [1.29, 1.82) is 0 Å². The number of non-ortho nitro benzene ring substituents is 1. The number of benzene rings is 2.